The number of esters is 1. The molecule has 0 radical (unpaired) electrons. The average molecular weight is 246 g/mol. The molecule has 94 valence electrons. The van der Waals surface area contributed by atoms with Crippen LogP contribution in [-0.2, 0) is 16.1 Å². The van der Waals surface area contributed by atoms with E-state index in [1.165, 1.54) is 0 Å². The Morgan fingerprint density at radius 3 is 2.94 bits per heavy atom. The molecule has 2 rings (SSSR count). The van der Waals surface area contributed by atoms with Crippen molar-refractivity contribution in [1.82, 2.24) is 9.97 Å². The molecule has 0 bridgehead atoms. The van der Waals surface area contributed by atoms with Crippen molar-refractivity contribution in [2.45, 2.75) is 26.4 Å². The molecule has 2 aromatic rings. The van der Waals surface area contributed by atoms with Crippen LogP contribution in [-0.4, -0.2) is 15.9 Å². The number of H-pyrrole nitrogens is 1. The van der Waals surface area contributed by atoms with Crippen molar-refractivity contribution in [3.63, 3.8) is 0 Å². The zero-order valence-corrected chi connectivity index (χ0v) is 10.1. The van der Waals surface area contributed by atoms with Gasteiger partial charge in [-0.25, -0.2) is 4.98 Å². The first-order chi connectivity index (χ1) is 8.70. The Labute approximate surface area is 104 Å². The number of fused-ring (bicyclic) bond motifs is 1. The van der Waals surface area contributed by atoms with Crippen LogP contribution in [0.2, 0.25) is 0 Å². The molecule has 0 saturated carbocycles. The van der Waals surface area contributed by atoms with Crippen molar-refractivity contribution in [2.75, 3.05) is 0 Å². The summed E-state index contributed by atoms with van der Waals surface area (Å²) in [4.78, 5) is 29.8. The fourth-order valence-electron chi connectivity index (χ4n) is 1.63. The maximum absolute atomic E-state index is 11.7. The molecule has 0 unspecified atom stereocenters. The predicted molar refractivity (Wildman–Crippen MR) is 67.1 cm³/mol. The number of nitrogens with one attached hydrogen (secondary N) is 1. The normalized spacial score (nSPS) is 10.5. The van der Waals surface area contributed by atoms with Crippen molar-refractivity contribution in [3.05, 3.63) is 40.4 Å². The minimum absolute atomic E-state index is 0.00108. The molecule has 1 aromatic carbocycles. The monoisotopic (exact) mass is 246 g/mol. The van der Waals surface area contributed by atoms with Crippen LogP contribution >= 0.6 is 0 Å². The minimum atomic E-state index is -0.284. The average Bonchev–Trinajstić information content (AvgIpc) is 2.37. The first-order valence-electron chi connectivity index (χ1n) is 5.84. The molecular formula is C13H14N2O3. The molecule has 0 aliphatic rings. The number of hydrogen-bond donors (Lipinski definition) is 1. The second-order valence-electron chi connectivity index (χ2n) is 3.94. The van der Waals surface area contributed by atoms with Gasteiger partial charge in [0.25, 0.3) is 5.56 Å². The second kappa shape index (κ2) is 5.44. The summed E-state index contributed by atoms with van der Waals surface area (Å²) in [6.45, 7) is 1.90. The van der Waals surface area contributed by atoms with Crippen LogP contribution in [0.15, 0.2) is 29.1 Å². The third-order valence-corrected chi connectivity index (χ3v) is 2.49. The third kappa shape index (κ3) is 2.74. The second-order valence-corrected chi connectivity index (χ2v) is 3.94. The number of carbonyl (C=O) groups excluding carboxylic acids is 1. The number of aromatic amines is 1. The van der Waals surface area contributed by atoms with Gasteiger partial charge in [-0.3, -0.25) is 9.59 Å². The molecule has 1 aromatic heterocycles. The number of nitrogens with zero attached hydrogens (tertiary/aromatic N) is 1. The van der Waals surface area contributed by atoms with Crippen LogP contribution in [0.5, 0.6) is 0 Å². The lowest BCUT2D eigenvalue weighted by Crippen LogP contribution is -2.14. The van der Waals surface area contributed by atoms with Crippen molar-refractivity contribution < 1.29 is 9.53 Å². The van der Waals surface area contributed by atoms with Crippen LogP contribution in [0, 0.1) is 0 Å². The highest BCUT2D eigenvalue weighted by molar-refractivity contribution is 5.77. The highest BCUT2D eigenvalue weighted by atomic mass is 16.5. The summed E-state index contributed by atoms with van der Waals surface area (Å²) in [6.07, 6.45) is 1.11. The summed E-state index contributed by atoms with van der Waals surface area (Å²) < 4.78 is 5.00. The van der Waals surface area contributed by atoms with E-state index in [9.17, 15) is 9.59 Å². The summed E-state index contributed by atoms with van der Waals surface area (Å²) in [5, 5.41) is 0.529. The Bertz CT molecular complexity index is 619. The zero-order chi connectivity index (χ0) is 13.0. The molecule has 1 heterocycles. The first kappa shape index (κ1) is 12.3. The standard InChI is InChI=1S/C13H14N2O3/c1-2-5-12(16)18-8-11-14-10-7-4-3-6-9(10)13(17)15-11/h3-4,6-7H,2,5,8H2,1H3,(H,14,15,17). The van der Waals surface area contributed by atoms with Crippen LogP contribution < -0.4 is 5.56 Å². The molecule has 0 atom stereocenters. The van der Waals surface area contributed by atoms with Gasteiger partial charge in [0.15, 0.2) is 0 Å². The molecule has 5 nitrogen and oxygen atoms in total. The molecule has 0 spiro atoms. The van der Waals surface area contributed by atoms with Crippen molar-refractivity contribution in [1.29, 1.82) is 0 Å². The van der Waals surface area contributed by atoms with E-state index in [1.807, 2.05) is 13.0 Å². The van der Waals surface area contributed by atoms with Crippen molar-refractivity contribution >= 4 is 16.9 Å². The summed E-state index contributed by atoms with van der Waals surface area (Å²) >= 11 is 0. The summed E-state index contributed by atoms with van der Waals surface area (Å²) in [5.41, 5.74) is 0.380. The van der Waals surface area contributed by atoms with Gasteiger partial charge in [-0.2, -0.15) is 0 Å². The van der Waals surface area contributed by atoms with E-state index in [4.69, 9.17) is 4.74 Å². The van der Waals surface area contributed by atoms with Gasteiger partial charge < -0.3 is 9.72 Å². The van der Waals surface area contributed by atoms with Gasteiger partial charge in [0, 0.05) is 6.42 Å². The van der Waals surface area contributed by atoms with Gasteiger partial charge in [0.1, 0.15) is 12.4 Å². The topological polar surface area (TPSA) is 72.0 Å². The van der Waals surface area contributed by atoms with E-state index in [0.29, 0.717) is 23.1 Å². The Kier molecular flexibility index (Phi) is 3.72. The highest BCUT2D eigenvalue weighted by Crippen LogP contribution is 2.06. The highest BCUT2D eigenvalue weighted by Gasteiger charge is 2.06. The molecule has 1 N–H and O–H groups in total. The van der Waals surface area contributed by atoms with Gasteiger partial charge in [0.2, 0.25) is 0 Å². The lowest BCUT2D eigenvalue weighted by atomic mass is 10.2. The van der Waals surface area contributed by atoms with E-state index in [0.717, 1.165) is 6.42 Å². The number of benzene rings is 1. The molecule has 0 aliphatic carbocycles. The van der Waals surface area contributed by atoms with Gasteiger partial charge >= 0.3 is 5.97 Å². The quantitative estimate of drug-likeness (QED) is 0.834. The fourth-order valence-corrected chi connectivity index (χ4v) is 1.63. The van der Waals surface area contributed by atoms with Crippen molar-refractivity contribution in [2.24, 2.45) is 0 Å². The molecular weight excluding hydrogens is 232 g/mol. The Morgan fingerprint density at radius 1 is 1.39 bits per heavy atom. The summed E-state index contributed by atoms with van der Waals surface area (Å²) in [5.74, 6) is 0.0801. The number of aromatic nitrogens is 2. The Hall–Kier alpha value is -2.17. The molecule has 0 aliphatic heterocycles. The summed E-state index contributed by atoms with van der Waals surface area (Å²) in [6, 6.07) is 7.04. The van der Waals surface area contributed by atoms with Gasteiger partial charge in [-0.15, -0.1) is 0 Å². The van der Waals surface area contributed by atoms with Gasteiger partial charge in [-0.1, -0.05) is 19.1 Å². The smallest absolute Gasteiger partial charge is 0.306 e. The molecule has 18 heavy (non-hydrogen) atoms. The van der Waals surface area contributed by atoms with E-state index < -0.39 is 0 Å². The minimum Gasteiger partial charge on any atom is -0.458 e. The maximum Gasteiger partial charge on any atom is 0.306 e. The maximum atomic E-state index is 11.7. The van der Waals surface area contributed by atoms with Gasteiger partial charge in [0.05, 0.1) is 10.9 Å². The van der Waals surface area contributed by atoms with Gasteiger partial charge in [-0.05, 0) is 18.6 Å². The third-order valence-electron chi connectivity index (χ3n) is 2.49. The number of ether oxygens (including phenoxy) is 1. The van der Waals surface area contributed by atoms with Crippen molar-refractivity contribution in [3.8, 4) is 0 Å². The van der Waals surface area contributed by atoms with E-state index >= 15 is 0 Å². The Morgan fingerprint density at radius 2 is 2.17 bits per heavy atom. The first-order valence-corrected chi connectivity index (χ1v) is 5.84. The molecule has 0 fully saturated rings. The number of hydrogen-bond acceptors (Lipinski definition) is 4. The van der Waals surface area contributed by atoms with E-state index in [-0.39, 0.29) is 18.1 Å². The zero-order valence-electron chi connectivity index (χ0n) is 10.1. The van der Waals surface area contributed by atoms with Crippen LogP contribution in [0.1, 0.15) is 25.6 Å². The summed E-state index contributed by atoms with van der Waals surface area (Å²) in [7, 11) is 0. The number of carbonyl (C=O) groups is 1. The SMILES string of the molecule is CCCC(=O)OCc1nc2ccccc2c(=O)[nH]1. The number of para-hydroxylation sites is 1. The van der Waals surface area contributed by atoms with E-state index in [2.05, 4.69) is 9.97 Å². The van der Waals surface area contributed by atoms with E-state index in [1.54, 1.807) is 18.2 Å². The van der Waals surface area contributed by atoms with Crippen LogP contribution in [0.4, 0.5) is 0 Å². The van der Waals surface area contributed by atoms with Crippen LogP contribution in [0.3, 0.4) is 0 Å². The molecule has 0 amide bonds. The van der Waals surface area contributed by atoms with Crippen LogP contribution in [0.25, 0.3) is 10.9 Å². The largest absolute Gasteiger partial charge is 0.458 e. The number of rotatable bonds is 4. The lowest BCUT2D eigenvalue weighted by Gasteiger charge is -2.04. The molecule has 0 saturated heterocycles. The lowest BCUT2D eigenvalue weighted by molar-refractivity contribution is -0.145. The Balaban J connectivity index is 2.20. The predicted octanol–water partition coefficient (Wildman–Crippen LogP) is 1.77. The fraction of sp³-hybridized carbons (Fsp3) is 0.308. The molecule has 5 heteroatoms.